The Kier molecular flexibility index (Phi) is 2.83. The maximum atomic E-state index is 8.73. The van der Waals surface area contributed by atoms with Crippen LogP contribution < -0.4 is 5.32 Å². The largest absolute Gasteiger partial charge is 0.382 e. The lowest BCUT2D eigenvalue weighted by molar-refractivity contribution is 0.694. The Balaban J connectivity index is 2.09. The summed E-state index contributed by atoms with van der Waals surface area (Å²) >= 11 is 5.95. The summed E-state index contributed by atoms with van der Waals surface area (Å²) in [6, 6.07) is 8.02. The van der Waals surface area contributed by atoms with E-state index in [2.05, 4.69) is 18.3 Å². The number of halogens is 1. The van der Waals surface area contributed by atoms with Crippen LogP contribution in [0.1, 0.15) is 25.3 Å². The first-order valence-corrected chi connectivity index (χ1v) is 5.54. The molecule has 2 rings (SSSR count). The van der Waals surface area contributed by atoms with Gasteiger partial charge in [0.15, 0.2) is 0 Å². The van der Waals surface area contributed by atoms with Crippen molar-refractivity contribution in [3.05, 3.63) is 28.8 Å². The number of rotatable bonds is 3. The number of hydrogen-bond acceptors (Lipinski definition) is 2. The molecule has 78 valence electrons. The molecule has 1 aromatic carbocycles. The zero-order valence-electron chi connectivity index (χ0n) is 8.63. The average molecular weight is 221 g/mol. The van der Waals surface area contributed by atoms with Crippen LogP contribution in [0.2, 0.25) is 5.02 Å². The molecule has 1 aliphatic rings. The van der Waals surface area contributed by atoms with Gasteiger partial charge in [-0.1, -0.05) is 11.6 Å². The van der Waals surface area contributed by atoms with E-state index < -0.39 is 0 Å². The van der Waals surface area contributed by atoms with E-state index in [0.29, 0.717) is 16.6 Å². The van der Waals surface area contributed by atoms with Crippen LogP contribution in [-0.4, -0.2) is 6.04 Å². The zero-order valence-corrected chi connectivity index (χ0v) is 9.38. The fraction of sp³-hybridized carbons (Fsp3) is 0.417. The highest BCUT2D eigenvalue weighted by atomic mass is 35.5. The number of benzene rings is 1. The second-order valence-corrected chi connectivity index (χ2v) is 4.48. The molecule has 0 amide bonds. The number of anilines is 1. The Morgan fingerprint density at radius 1 is 1.53 bits per heavy atom. The highest BCUT2D eigenvalue weighted by Crippen LogP contribution is 2.34. The summed E-state index contributed by atoms with van der Waals surface area (Å²) in [5.74, 6) is 0.805. The van der Waals surface area contributed by atoms with Crippen molar-refractivity contribution in [3.8, 4) is 6.07 Å². The van der Waals surface area contributed by atoms with Crippen LogP contribution in [0.15, 0.2) is 18.2 Å². The summed E-state index contributed by atoms with van der Waals surface area (Å²) in [6.07, 6.45) is 2.64. The van der Waals surface area contributed by atoms with Gasteiger partial charge >= 0.3 is 0 Å². The minimum absolute atomic E-state index is 0.494. The molecule has 1 aliphatic carbocycles. The van der Waals surface area contributed by atoms with Gasteiger partial charge in [-0.3, -0.25) is 0 Å². The normalized spacial score (nSPS) is 16.9. The van der Waals surface area contributed by atoms with Gasteiger partial charge in [-0.25, -0.2) is 0 Å². The fourth-order valence-corrected chi connectivity index (χ4v) is 1.90. The lowest BCUT2D eigenvalue weighted by Crippen LogP contribution is -2.17. The molecule has 1 saturated carbocycles. The van der Waals surface area contributed by atoms with E-state index in [4.69, 9.17) is 16.9 Å². The van der Waals surface area contributed by atoms with Gasteiger partial charge in [0.25, 0.3) is 0 Å². The standard InChI is InChI=1S/C12H13ClN2/c1-8(9-2-3-9)15-11-5-4-10(7-14)12(13)6-11/h4-6,8-9,15H,2-3H2,1H3. The van der Waals surface area contributed by atoms with E-state index in [-0.39, 0.29) is 0 Å². The molecule has 0 saturated heterocycles. The molecule has 0 aliphatic heterocycles. The fourth-order valence-electron chi connectivity index (χ4n) is 1.67. The molecule has 1 fully saturated rings. The molecular weight excluding hydrogens is 208 g/mol. The Hall–Kier alpha value is -1.20. The Morgan fingerprint density at radius 2 is 2.27 bits per heavy atom. The zero-order chi connectivity index (χ0) is 10.8. The average Bonchev–Trinajstić information content (AvgIpc) is 3.01. The minimum Gasteiger partial charge on any atom is -0.382 e. The van der Waals surface area contributed by atoms with Gasteiger partial charge in [-0.15, -0.1) is 0 Å². The van der Waals surface area contributed by atoms with Crippen LogP contribution in [0.4, 0.5) is 5.69 Å². The highest BCUT2D eigenvalue weighted by molar-refractivity contribution is 6.32. The lowest BCUT2D eigenvalue weighted by atomic mass is 10.2. The number of nitrogens with zero attached hydrogens (tertiary/aromatic N) is 1. The van der Waals surface area contributed by atoms with Gasteiger partial charge in [0, 0.05) is 11.7 Å². The first kappa shape index (κ1) is 10.3. The molecule has 1 aromatic rings. The topological polar surface area (TPSA) is 35.8 Å². The quantitative estimate of drug-likeness (QED) is 0.847. The van der Waals surface area contributed by atoms with Crippen molar-refractivity contribution in [1.29, 1.82) is 5.26 Å². The van der Waals surface area contributed by atoms with Gasteiger partial charge in [0.1, 0.15) is 6.07 Å². The van der Waals surface area contributed by atoms with Crippen LogP contribution in [0.25, 0.3) is 0 Å². The maximum Gasteiger partial charge on any atom is 0.101 e. The molecule has 1 N–H and O–H groups in total. The molecule has 0 spiro atoms. The molecular formula is C12H13ClN2. The molecule has 1 atom stereocenters. The lowest BCUT2D eigenvalue weighted by Gasteiger charge is -2.14. The predicted molar refractivity (Wildman–Crippen MR) is 62.0 cm³/mol. The van der Waals surface area contributed by atoms with E-state index in [0.717, 1.165) is 11.6 Å². The first-order valence-electron chi connectivity index (χ1n) is 5.17. The van der Waals surface area contributed by atoms with Crippen LogP contribution in [-0.2, 0) is 0 Å². The molecule has 3 heteroatoms. The van der Waals surface area contributed by atoms with E-state index in [1.165, 1.54) is 12.8 Å². The summed E-state index contributed by atoms with van der Waals surface area (Å²) in [4.78, 5) is 0. The Labute approximate surface area is 94.9 Å². The van der Waals surface area contributed by atoms with Gasteiger partial charge < -0.3 is 5.32 Å². The van der Waals surface area contributed by atoms with Crippen molar-refractivity contribution in [2.75, 3.05) is 5.32 Å². The molecule has 0 radical (unpaired) electrons. The second-order valence-electron chi connectivity index (χ2n) is 4.08. The van der Waals surface area contributed by atoms with Crippen molar-refractivity contribution in [2.45, 2.75) is 25.8 Å². The van der Waals surface area contributed by atoms with Crippen molar-refractivity contribution in [2.24, 2.45) is 5.92 Å². The van der Waals surface area contributed by atoms with Crippen LogP contribution in [0, 0.1) is 17.2 Å². The molecule has 0 aromatic heterocycles. The van der Waals surface area contributed by atoms with E-state index in [1.54, 1.807) is 6.07 Å². The second kappa shape index (κ2) is 4.12. The smallest absolute Gasteiger partial charge is 0.101 e. The summed E-state index contributed by atoms with van der Waals surface area (Å²) in [5.41, 5.74) is 1.53. The van der Waals surface area contributed by atoms with Crippen molar-refractivity contribution in [1.82, 2.24) is 0 Å². The van der Waals surface area contributed by atoms with Gasteiger partial charge in [-0.05, 0) is 43.9 Å². The molecule has 1 unspecified atom stereocenters. The molecule has 2 nitrogen and oxygen atoms in total. The van der Waals surface area contributed by atoms with Gasteiger partial charge in [-0.2, -0.15) is 5.26 Å². The number of hydrogen-bond donors (Lipinski definition) is 1. The van der Waals surface area contributed by atoms with Gasteiger partial charge in [0.2, 0.25) is 0 Å². The molecule has 0 bridgehead atoms. The third-order valence-corrected chi connectivity index (χ3v) is 3.13. The highest BCUT2D eigenvalue weighted by Gasteiger charge is 2.27. The van der Waals surface area contributed by atoms with Crippen molar-refractivity contribution >= 4 is 17.3 Å². The monoisotopic (exact) mass is 220 g/mol. The van der Waals surface area contributed by atoms with E-state index >= 15 is 0 Å². The van der Waals surface area contributed by atoms with Crippen molar-refractivity contribution in [3.63, 3.8) is 0 Å². The number of nitriles is 1. The van der Waals surface area contributed by atoms with E-state index in [9.17, 15) is 0 Å². The maximum absolute atomic E-state index is 8.73. The van der Waals surface area contributed by atoms with Crippen LogP contribution in [0.3, 0.4) is 0 Å². The predicted octanol–water partition coefficient (Wildman–Crippen LogP) is 3.42. The third-order valence-electron chi connectivity index (χ3n) is 2.81. The van der Waals surface area contributed by atoms with Crippen molar-refractivity contribution < 1.29 is 0 Å². The summed E-state index contributed by atoms with van der Waals surface area (Å²) in [6.45, 7) is 2.18. The third kappa shape index (κ3) is 2.43. The Morgan fingerprint density at radius 3 is 2.80 bits per heavy atom. The van der Waals surface area contributed by atoms with E-state index in [1.807, 2.05) is 12.1 Å². The van der Waals surface area contributed by atoms with Gasteiger partial charge in [0.05, 0.1) is 10.6 Å². The minimum atomic E-state index is 0.494. The SMILES string of the molecule is CC(Nc1ccc(C#N)c(Cl)c1)C1CC1. The summed E-state index contributed by atoms with van der Waals surface area (Å²) in [5, 5.41) is 12.7. The summed E-state index contributed by atoms with van der Waals surface area (Å²) < 4.78 is 0. The molecule has 15 heavy (non-hydrogen) atoms. The first-order chi connectivity index (χ1) is 7.20. The van der Waals surface area contributed by atoms with Crippen LogP contribution in [0.5, 0.6) is 0 Å². The summed E-state index contributed by atoms with van der Waals surface area (Å²) in [7, 11) is 0. The Bertz CT molecular complexity index is 405. The number of nitrogens with one attached hydrogen (secondary N) is 1. The molecule has 0 heterocycles. The van der Waals surface area contributed by atoms with Crippen LogP contribution >= 0.6 is 11.6 Å².